The van der Waals surface area contributed by atoms with Crippen LogP contribution in [0.15, 0.2) is 60.7 Å². The second-order valence-electron chi connectivity index (χ2n) is 6.35. The van der Waals surface area contributed by atoms with E-state index in [1.807, 2.05) is 42.5 Å². The summed E-state index contributed by atoms with van der Waals surface area (Å²) in [5.41, 5.74) is 4.15. The lowest BCUT2D eigenvalue weighted by Gasteiger charge is -2.14. The quantitative estimate of drug-likeness (QED) is 0.453. The third-order valence-electron chi connectivity index (χ3n) is 4.50. The van der Waals surface area contributed by atoms with Gasteiger partial charge in [0.15, 0.2) is 0 Å². The van der Waals surface area contributed by atoms with Crippen molar-refractivity contribution >= 4 is 34.8 Å². The first-order chi connectivity index (χ1) is 12.6. The van der Waals surface area contributed by atoms with E-state index in [1.54, 1.807) is 6.07 Å². The molecule has 0 saturated heterocycles. The average Bonchev–Trinajstić information content (AvgIpc) is 3.03. The highest BCUT2D eigenvalue weighted by atomic mass is 35.5. The molecule has 0 bridgehead atoms. The Morgan fingerprint density at radius 2 is 1.69 bits per heavy atom. The van der Waals surface area contributed by atoms with Crippen molar-refractivity contribution in [3.63, 3.8) is 0 Å². The molecular weight excluding hydrogens is 387 g/mol. The fraction of sp³-hybridized carbons (Fsp3) is 0.136. The third-order valence-corrected chi connectivity index (χ3v) is 5.27. The molecule has 1 aliphatic rings. The first-order valence-corrected chi connectivity index (χ1v) is 9.55. The van der Waals surface area contributed by atoms with E-state index in [2.05, 4.69) is 18.6 Å². The molecule has 1 nitrogen and oxygen atoms in total. The van der Waals surface area contributed by atoms with E-state index in [0.29, 0.717) is 15.1 Å². The molecule has 4 heteroatoms. The Labute approximate surface area is 168 Å². The first-order valence-electron chi connectivity index (χ1n) is 8.42. The minimum Gasteiger partial charge on any atom is -0.489 e. The maximum Gasteiger partial charge on any atom is 0.131 e. The maximum absolute atomic E-state index is 6.40. The van der Waals surface area contributed by atoms with Crippen LogP contribution in [0.5, 0.6) is 5.75 Å². The van der Waals surface area contributed by atoms with Crippen LogP contribution in [0, 0.1) is 6.42 Å². The second kappa shape index (κ2) is 7.52. The third kappa shape index (κ3) is 3.71. The zero-order valence-electron chi connectivity index (χ0n) is 13.9. The summed E-state index contributed by atoms with van der Waals surface area (Å²) >= 11 is 18.8. The Morgan fingerprint density at radius 3 is 2.46 bits per heavy atom. The lowest BCUT2D eigenvalue weighted by atomic mass is 9.99. The Kier molecular flexibility index (Phi) is 5.13. The number of hydrogen-bond acceptors (Lipinski definition) is 1. The number of hydrogen-bond donors (Lipinski definition) is 0. The molecule has 0 aromatic heterocycles. The molecule has 131 valence electrons. The normalized spacial score (nSPS) is 15.6. The first kappa shape index (κ1) is 17.7. The second-order valence-corrected chi connectivity index (χ2v) is 7.63. The number of halogens is 3. The molecule has 3 aromatic carbocycles. The van der Waals surface area contributed by atoms with Crippen molar-refractivity contribution in [1.29, 1.82) is 0 Å². The molecule has 4 rings (SSSR count). The zero-order valence-corrected chi connectivity index (χ0v) is 16.2. The minimum absolute atomic E-state index is 0.0218. The van der Waals surface area contributed by atoms with Gasteiger partial charge in [-0.25, -0.2) is 0 Å². The van der Waals surface area contributed by atoms with Gasteiger partial charge in [-0.2, -0.15) is 0 Å². The van der Waals surface area contributed by atoms with E-state index in [-0.39, 0.29) is 6.10 Å². The molecule has 0 fully saturated rings. The summed E-state index contributed by atoms with van der Waals surface area (Å²) in [5, 5.41) is 1.87. The highest BCUT2D eigenvalue weighted by Gasteiger charge is 2.27. The maximum atomic E-state index is 6.40. The summed E-state index contributed by atoms with van der Waals surface area (Å²) in [4.78, 5) is 0. The molecular formula is C22H16Cl3O. The molecule has 0 aliphatic carbocycles. The fourth-order valence-corrected chi connectivity index (χ4v) is 4.02. The van der Waals surface area contributed by atoms with Gasteiger partial charge in [0.2, 0.25) is 0 Å². The van der Waals surface area contributed by atoms with Crippen molar-refractivity contribution in [2.75, 3.05) is 0 Å². The Bertz CT molecular complexity index is 938. The van der Waals surface area contributed by atoms with Crippen molar-refractivity contribution < 1.29 is 4.74 Å². The molecule has 0 saturated carbocycles. The van der Waals surface area contributed by atoms with E-state index in [4.69, 9.17) is 39.5 Å². The van der Waals surface area contributed by atoms with Crippen LogP contribution in [0.25, 0.3) is 11.1 Å². The summed E-state index contributed by atoms with van der Waals surface area (Å²) in [6.45, 7) is 0. The Hall–Kier alpha value is -1.67. The molecule has 0 amide bonds. The van der Waals surface area contributed by atoms with Crippen LogP contribution < -0.4 is 4.74 Å². The smallest absolute Gasteiger partial charge is 0.131 e. The number of rotatable bonds is 4. The molecule has 3 aromatic rings. The predicted molar refractivity (Wildman–Crippen MR) is 109 cm³/mol. The van der Waals surface area contributed by atoms with Gasteiger partial charge in [-0.1, -0.05) is 71.2 Å². The molecule has 0 N–H and O–H groups in total. The molecule has 0 spiro atoms. The fourth-order valence-electron chi connectivity index (χ4n) is 3.27. The molecule has 26 heavy (non-hydrogen) atoms. The van der Waals surface area contributed by atoms with E-state index >= 15 is 0 Å². The highest BCUT2D eigenvalue weighted by molar-refractivity contribution is 6.36. The number of ether oxygens (including phenoxy) is 1. The van der Waals surface area contributed by atoms with Crippen molar-refractivity contribution in [3.05, 3.63) is 93.3 Å². The van der Waals surface area contributed by atoms with E-state index in [1.165, 1.54) is 5.56 Å². The van der Waals surface area contributed by atoms with Crippen LogP contribution in [0.2, 0.25) is 15.1 Å². The highest BCUT2D eigenvalue weighted by Crippen LogP contribution is 2.44. The van der Waals surface area contributed by atoms with Crippen molar-refractivity contribution in [2.24, 2.45) is 0 Å². The predicted octanol–water partition coefficient (Wildman–Crippen LogP) is 7.06. The largest absolute Gasteiger partial charge is 0.489 e. The van der Waals surface area contributed by atoms with Gasteiger partial charge < -0.3 is 4.74 Å². The van der Waals surface area contributed by atoms with Gasteiger partial charge in [-0.15, -0.1) is 0 Å². The van der Waals surface area contributed by atoms with Gasteiger partial charge >= 0.3 is 0 Å². The van der Waals surface area contributed by atoms with Crippen molar-refractivity contribution in [3.8, 4) is 16.9 Å². The molecule has 1 atom stereocenters. The molecule has 1 unspecified atom stereocenters. The summed E-state index contributed by atoms with van der Waals surface area (Å²) in [6, 6.07) is 19.7. The van der Waals surface area contributed by atoms with E-state index in [9.17, 15) is 0 Å². The number of fused-ring (bicyclic) bond motifs is 1. The topological polar surface area (TPSA) is 9.23 Å². The van der Waals surface area contributed by atoms with Gasteiger partial charge in [-0.05, 0) is 41.8 Å². The van der Waals surface area contributed by atoms with Gasteiger partial charge in [0.25, 0.3) is 0 Å². The van der Waals surface area contributed by atoms with Gasteiger partial charge in [0.1, 0.15) is 11.9 Å². The van der Waals surface area contributed by atoms with Gasteiger partial charge in [-0.3, -0.25) is 0 Å². The summed E-state index contributed by atoms with van der Waals surface area (Å²) < 4.78 is 6.25. The summed E-state index contributed by atoms with van der Waals surface area (Å²) in [6.07, 6.45) is 3.90. The van der Waals surface area contributed by atoms with Crippen LogP contribution in [0.4, 0.5) is 0 Å². The SMILES string of the molecule is Clc1ccc(-c2cc(Cl)cc3c2OC([CH]Cc2ccccc2)C3)c(Cl)c1. The minimum atomic E-state index is 0.0218. The monoisotopic (exact) mass is 401 g/mol. The van der Waals surface area contributed by atoms with Crippen molar-refractivity contribution in [1.82, 2.24) is 0 Å². The lowest BCUT2D eigenvalue weighted by molar-refractivity contribution is 0.264. The zero-order chi connectivity index (χ0) is 18.1. The standard InChI is InChI=1S/C22H16Cl3O/c23-16-7-9-19(21(25)13-16)20-12-17(24)10-15-11-18(26-22(15)20)8-6-14-4-2-1-3-5-14/h1-5,7-10,12-13,18H,6,11H2. The van der Waals surface area contributed by atoms with Crippen LogP contribution >= 0.6 is 34.8 Å². The summed E-state index contributed by atoms with van der Waals surface area (Å²) in [7, 11) is 0. The van der Waals surface area contributed by atoms with Crippen LogP contribution in [0.3, 0.4) is 0 Å². The van der Waals surface area contributed by atoms with E-state index < -0.39 is 0 Å². The summed E-state index contributed by atoms with van der Waals surface area (Å²) in [5.74, 6) is 0.855. The van der Waals surface area contributed by atoms with E-state index in [0.717, 1.165) is 35.3 Å². The van der Waals surface area contributed by atoms with Crippen LogP contribution in [-0.2, 0) is 12.8 Å². The lowest BCUT2D eigenvalue weighted by Crippen LogP contribution is -2.14. The van der Waals surface area contributed by atoms with Gasteiger partial charge in [0, 0.05) is 34.0 Å². The van der Waals surface area contributed by atoms with Crippen molar-refractivity contribution in [2.45, 2.75) is 18.9 Å². The molecule has 1 radical (unpaired) electrons. The molecule has 1 aliphatic heterocycles. The number of benzene rings is 3. The molecule has 1 heterocycles. The Balaban J connectivity index is 1.60. The average molecular weight is 403 g/mol. The van der Waals surface area contributed by atoms with Gasteiger partial charge in [0.05, 0.1) is 5.02 Å². The van der Waals surface area contributed by atoms with Crippen LogP contribution in [0.1, 0.15) is 11.1 Å². The Morgan fingerprint density at radius 1 is 0.885 bits per heavy atom. The van der Waals surface area contributed by atoms with Crippen LogP contribution in [-0.4, -0.2) is 6.10 Å².